The maximum atomic E-state index is 5.82. The van der Waals surface area contributed by atoms with E-state index in [9.17, 15) is 0 Å². The van der Waals surface area contributed by atoms with Crippen molar-refractivity contribution in [3.8, 4) is 0 Å². The van der Waals surface area contributed by atoms with Gasteiger partial charge in [-0.2, -0.15) is 0 Å². The second kappa shape index (κ2) is 5.66. The van der Waals surface area contributed by atoms with E-state index in [1.54, 1.807) is 0 Å². The molecular formula is C17H24N2O2. The Balaban J connectivity index is 1.76. The summed E-state index contributed by atoms with van der Waals surface area (Å²) in [5.74, 6) is 2.65. The molecule has 0 radical (unpaired) electrons. The number of hydrogen-bond acceptors (Lipinski definition) is 4. The van der Waals surface area contributed by atoms with E-state index >= 15 is 0 Å². The quantitative estimate of drug-likeness (QED) is 0.798. The van der Waals surface area contributed by atoms with Gasteiger partial charge in [-0.1, -0.05) is 45.9 Å². The van der Waals surface area contributed by atoms with E-state index in [-0.39, 0.29) is 18.0 Å². The fourth-order valence-electron chi connectivity index (χ4n) is 2.71. The topological polar surface area (TPSA) is 43.2 Å². The molecule has 0 amide bonds. The normalized spacial score (nSPS) is 31.3. The minimum Gasteiger partial charge on any atom is -0.478 e. The zero-order chi connectivity index (χ0) is 15.0. The van der Waals surface area contributed by atoms with Crippen LogP contribution in [0.15, 0.2) is 33.8 Å². The van der Waals surface area contributed by atoms with Gasteiger partial charge in [-0.15, -0.1) is 0 Å². The Morgan fingerprint density at radius 3 is 2.29 bits per heavy atom. The molecule has 1 unspecified atom stereocenters. The molecule has 3 rings (SSSR count). The first-order valence-electron chi connectivity index (χ1n) is 7.86. The van der Waals surface area contributed by atoms with Crippen LogP contribution in [-0.2, 0) is 9.47 Å². The molecule has 114 valence electrons. The lowest BCUT2D eigenvalue weighted by Gasteiger charge is -2.12. The van der Waals surface area contributed by atoms with Gasteiger partial charge in [0.15, 0.2) is 5.90 Å². The molecule has 0 saturated carbocycles. The summed E-state index contributed by atoms with van der Waals surface area (Å²) in [4.78, 5) is 9.46. The molecule has 4 nitrogen and oxygen atoms in total. The highest BCUT2D eigenvalue weighted by Gasteiger charge is 2.34. The van der Waals surface area contributed by atoms with E-state index in [0.717, 1.165) is 17.4 Å². The summed E-state index contributed by atoms with van der Waals surface area (Å²) >= 11 is 0. The Kier molecular flexibility index (Phi) is 3.87. The van der Waals surface area contributed by atoms with Gasteiger partial charge in [0, 0.05) is 5.57 Å². The van der Waals surface area contributed by atoms with E-state index in [2.05, 4.69) is 39.8 Å². The molecule has 3 aliphatic rings. The fourth-order valence-corrected chi connectivity index (χ4v) is 2.71. The van der Waals surface area contributed by atoms with Crippen molar-refractivity contribution in [1.82, 2.24) is 0 Å². The number of aliphatic imine (C=N–C) groups is 2. The van der Waals surface area contributed by atoms with Crippen molar-refractivity contribution in [3.05, 3.63) is 23.8 Å². The van der Waals surface area contributed by atoms with Crippen LogP contribution in [0.5, 0.6) is 0 Å². The summed E-state index contributed by atoms with van der Waals surface area (Å²) < 4.78 is 11.6. The molecule has 0 fully saturated rings. The maximum Gasteiger partial charge on any atom is 0.213 e. The van der Waals surface area contributed by atoms with Crippen molar-refractivity contribution in [2.45, 2.75) is 39.8 Å². The zero-order valence-corrected chi connectivity index (χ0v) is 13.2. The van der Waals surface area contributed by atoms with Crippen LogP contribution in [0.4, 0.5) is 0 Å². The van der Waals surface area contributed by atoms with Gasteiger partial charge in [0.25, 0.3) is 0 Å². The van der Waals surface area contributed by atoms with Crippen molar-refractivity contribution < 1.29 is 9.47 Å². The molecule has 0 saturated heterocycles. The Morgan fingerprint density at radius 1 is 1.00 bits per heavy atom. The Morgan fingerprint density at radius 2 is 1.67 bits per heavy atom. The molecule has 0 aromatic heterocycles. The SMILES string of the molecule is CC(C)[C@H]1COC(C2=CC=CC2C2=N[C@@H](C(C)C)CO2)=N1. The van der Waals surface area contributed by atoms with Crippen LogP contribution in [0.3, 0.4) is 0 Å². The molecule has 0 N–H and O–H groups in total. The van der Waals surface area contributed by atoms with Crippen LogP contribution >= 0.6 is 0 Å². The molecule has 2 heterocycles. The molecule has 0 bridgehead atoms. The fraction of sp³-hybridized carbons (Fsp3) is 0.647. The second-order valence-electron chi connectivity index (χ2n) is 6.63. The minimum atomic E-state index is 0.0680. The summed E-state index contributed by atoms with van der Waals surface area (Å²) in [5.41, 5.74) is 1.08. The number of hydrogen-bond donors (Lipinski definition) is 0. The van der Waals surface area contributed by atoms with Gasteiger partial charge in [0.2, 0.25) is 5.90 Å². The van der Waals surface area contributed by atoms with E-state index < -0.39 is 0 Å². The Bertz CT molecular complexity index is 529. The lowest BCUT2D eigenvalue weighted by Crippen LogP contribution is -2.19. The van der Waals surface area contributed by atoms with E-state index in [4.69, 9.17) is 19.5 Å². The monoisotopic (exact) mass is 288 g/mol. The summed E-state index contributed by atoms with van der Waals surface area (Å²) in [6.07, 6.45) is 6.23. The highest BCUT2D eigenvalue weighted by Crippen LogP contribution is 2.30. The van der Waals surface area contributed by atoms with Crippen LogP contribution in [0.25, 0.3) is 0 Å². The minimum absolute atomic E-state index is 0.0680. The van der Waals surface area contributed by atoms with Gasteiger partial charge in [-0.05, 0) is 11.8 Å². The van der Waals surface area contributed by atoms with Crippen molar-refractivity contribution in [2.24, 2.45) is 27.7 Å². The Hall–Kier alpha value is -1.58. The molecule has 3 atom stereocenters. The van der Waals surface area contributed by atoms with Crippen LogP contribution in [-0.4, -0.2) is 37.1 Å². The first-order chi connectivity index (χ1) is 10.1. The van der Waals surface area contributed by atoms with Crippen molar-refractivity contribution in [3.63, 3.8) is 0 Å². The van der Waals surface area contributed by atoms with Gasteiger partial charge in [-0.25, -0.2) is 9.98 Å². The molecule has 21 heavy (non-hydrogen) atoms. The number of nitrogens with zero attached hydrogens (tertiary/aromatic N) is 2. The molecule has 1 aliphatic carbocycles. The smallest absolute Gasteiger partial charge is 0.213 e. The highest BCUT2D eigenvalue weighted by atomic mass is 16.5. The lowest BCUT2D eigenvalue weighted by molar-refractivity contribution is 0.280. The standard InChI is InChI=1S/C17H24N2O2/c1-10(2)14-8-20-16(18-14)12-6-5-7-13(12)17-19-15(9-21-17)11(3)4/h5-7,10-12,14-15H,8-9H2,1-4H3/t12?,14-,15-/m1/s1. The largest absolute Gasteiger partial charge is 0.478 e. The first kappa shape index (κ1) is 14.4. The summed E-state index contributed by atoms with van der Waals surface area (Å²) in [6.45, 7) is 10.1. The third-order valence-corrected chi connectivity index (χ3v) is 4.34. The summed E-state index contributed by atoms with van der Waals surface area (Å²) in [6, 6.07) is 0.530. The first-order valence-corrected chi connectivity index (χ1v) is 7.86. The van der Waals surface area contributed by atoms with Crippen LogP contribution in [0, 0.1) is 17.8 Å². The van der Waals surface area contributed by atoms with E-state index in [1.165, 1.54) is 0 Å². The number of ether oxygens (including phenoxy) is 2. The van der Waals surface area contributed by atoms with Gasteiger partial charge in [0.05, 0.1) is 18.0 Å². The molecule has 0 aromatic rings. The molecule has 0 spiro atoms. The number of rotatable bonds is 4. The predicted molar refractivity (Wildman–Crippen MR) is 84.7 cm³/mol. The van der Waals surface area contributed by atoms with Gasteiger partial charge in [-0.3, -0.25) is 0 Å². The van der Waals surface area contributed by atoms with Crippen molar-refractivity contribution in [1.29, 1.82) is 0 Å². The Labute approximate surface area is 126 Å². The third kappa shape index (κ3) is 2.76. The van der Waals surface area contributed by atoms with Gasteiger partial charge in [0.1, 0.15) is 13.2 Å². The average molecular weight is 288 g/mol. The predicted octanol–water partition coefficient (Wildman–Crippen LogP) is 3.01. The maximum absolute atomic E-state index is 5.82. The molecule has 4 heteroatoms. The average Bonchev–Trinajstić information content (AvgIpc) is 3.17. The van der Waals surface area contributed by atoms with E-state index in [0.29, 0.717) is 25.0 Å². The zero-order valence-electron chi connectivity index (χ0n) is 13.2. The molecule has 2 aliphatic heterocycles. The van der Waals surface area contributed by atoms with Crippen molar-refractivity contribution in [2.75, 3.05) is 13.2 Å². The van der Waals surface area contributed by atoms with Crippen LogP contribution < -0.4 is 0 Å². The van der Waals surface area contributed by atoms with Crippen molar-refractivity contribution >= 4 is 11.8 Å². The van der Waals surface area contributed by atoms with Gasteiger partial charge >= 0.3 is 0 Å². The van der Waals surface area contributed by atoms with Crippen LogP contribution in [0.2, 0.25) is 0 Å². The molecule has 0 aromatic carbocycles. The second-order valence-corrected chi connectivity index (χ2v) is 6.63. The van der Waals surface area contributed by atoms with Crippen LogP contribution in [0.1, 0.15) is 27.7 Å². The summed E-state index contributed by atoms with van der Waals surface area (Å²) in [5, 5.41) is 0. The third-order valence-electron chi connectivity index (χ3n) is 4.34. The van der Waals surface area contributed by atoms with E-state index in [1.807, 2.05) is 6.08 Å². The number of allylic oxidation sites excluding steroid dienone is 2. The van der Waals surface area contributed by atoms with Gasteiger partial charge < -0.3 is 9.47 Å². The lowest BCUT2D eigenvalue weighted by atomic mass is 10.0. The molecular weight excluding hydrogens is 264 g/mol. The summed E-state index contributed by atoms with van der Waals surface area (Å²) in [7, 11) is 0. The highest BCUT2D eigenvalue weighted by molar-refractivity contribution is 6.03.